The van der Waals surface area contributed by atoms with E-state index in [1.165, 1.54) is 6.20 Å². The molecule has 0 saturated carbocycles. The summed E-state index contributed by atoms with van der Waals surface area (Å²) in [6.07, 6.45) is 1.34. The Morgan fingerprint density at radius 2 is 1.87 bits per heavy atom. The first-order valence-electron chi connectivity index (χ1n) is 4.73. The van der Waals surface area contributed by atoms with E-state index in [0.717, 1.165) is 7.11 Å². The number of halogens is 1. The Balaban J connectivity index is 4.91. The van der Waals surface area contributed by atoms with Crippen molar-refractivity contribution in [3.8, 4) is 0 Å². The number of ether oxygens (including phenoxy) is 1. The third-order valence-electron chi connectivity index (χ3n) is 1.95. The van der Waals surface area contributed by atoms with E-state index in [1.807, 2.05) is 13.8 Å². The third kappa shape index (κ3) is 4.10. The number of esters is 1. The fourth-order valence-electron chi connectivity index (χ4n) is 1.01. The van der Waals surface area contributed by atoms with E-state index in [2.05, 4.69) is 4.74 Å². The van der Waals surface area contributed by atoms with Crippen LogP contribution in [0, 0.1) is 0 Å². The minimum absolute atomic E-state index is 0.247. The summed E-state index contributed by atoms with van der Waals surface area (Å²) in [5, 5.41) is 0. The van der Waals surface area contributed by atoms with Crippen molar-refractivity contribution in [1.82, 2.24) is 4.90 Å². The molecule has 0 unspecified atom stereocenters. The Bertz CT molecular complexity index is 241. The number of alkyl halides is 1. The fraction of sp³-hybridized carbons (Fsp3) is 0.600. The molecule has 0 aromatic heterocycles. The Labute approximate surface area is 88.7 Å². The van der Waals surface area contributed by atoms with Gasteiger partial charge in [-0.25, -0.2) is 9.18 Å². The topological polar surface area (TPSA) is 46.6 Å². The zero-order valence-electron chi connectivity index (χ0n) is 9.25. The summed E-state index contributed by atoms with van der Waals surface area (Å²) >= 11 is 0. The second-order valence-corrected chi connectivity index (χ2v) is 2.81. The highest BCUT2D eigenvalue weighted by atomic mass is 19.1. The van der Waals surface area contributed by atoms with Crippen LogP contribution in [-0.4, -0.2) is 43.5 Å². The van der Waals surface area contributed by atoms with Gasteiger partial charge in [-0.2, -0.15) is 0 Å². The first-order valence-corrected chi connectivity index (χ1v) is 4.73. The maximum atomic E-state index is 12.2. The van der Waals surface area contributed by atoms with Crippen molar-refractivity contribution in [3.63, 3.8) is 0 Å². The lowest BCUT2D eigenvalue weighted by molar-refractivity contribution is -0.138. The zero-order chi connectivity index (χ0) is 11.8. The highest BCUT2D eigenvalue weighted by Crippen LogP contribution is 2.03. The van der Waals surface area contributed by atoms with E-state index >= 15 is 0 Å². The first kappa shape index (κ1) is 13.6. The van der Waals surface area contributed by atoms with Crippen LogP contribution in [0.2, 0.25) is 0 Å². The predicted octanol–water partition coefficient (Wildman–Crippen LogP) is 0.924. The van der Waals surface area contributed by atoms with Crippen LogP contribution in [0.15, 0.2) is 11.8 Å². The van der Waals surface area contributed by atoms with Crippen molar-refractivity contribution in [2.45, 2.75) is 13.8 Å². The van der Waals surface area contributed by atoms with Crippen molar-refractivity contribution < 1.29 is 18.7 Å². The Hall–Kier alpha value is -1.39. The summed E-state index contributed by atoms with van der Waals surface area (Å²) in [5.74, 6) is -1.65. The van der Waals surface area contributed by atoms with Gasteiger partial charge in [0, 0.05) is 19.3 Å². The van der Waals surface area contributed by atoms with Gasteiger partial charge in [-0.3, -0.25) is 4.79 Å². The van der Waals surface area contributed by atoms with E-state index in [9.17, 15) is 14.0 Å². The van der Waals surface area contributed by atoms with Gasteiger partial charge in [0.2, 0.25) is 5.78 Å². The molecule has 0 aliphatic heterocycles. The second kappa shape index (κ2) is 6.98. The largest absolute Gasteiger partial charge is 0.465 e. The molecular weight excluding hydrogens is 201 g/mol. The maximum Gasteiger partial charge on any atom is 0.343 e. The summed E-state index contributed by atoms with van der Waals surface area (Å²) in [6.45, 7) is 3.82. The third-order valence-corrected chi connectivity index (χ3v) is 1.95. The maximum absolute atomic E-state index is 12.2. The Morgan fingerprint density at radius 3 is 2.20 bits per heavy atom. The standard InChI is InChI=1S/C10H16FNO3/c1-4-12(5-2)7-8(9(13)6-11)10(14)15-3/h7H,4-6H2,1-3H3/b8-7-. The number of Topliss-reactive ketones (excluding diaryl/α,β-unsaturated/α-hetero) is 1. The molecule has 0 aromatic rings. The predicted molar refractivity (Wildman–Crippen MR) is 54.0 cm³/mol. The molecule has 0 aliphatic rings. The van der Waals surface area contributed by atoms with E-state index in [4.69, 9.17) is 0 Å². The molecule has 0 spiro atoms. The summed E-state index contributed by atoms with van der Waals surface area (Å²) in [7, 11) is 1.16. The lowest BCUT2D eigenvalue weighted by Gasteiger charge is -2.16. The monoisotopic (exact) mass is 217 g/mol. The molecular formula is C10H16FNO3. The van der Waals surface area contributed by atoms with Crippen LogP contribution in [0.25, 0.3) is 0 Å². The number of hydrogen-bond acceptors (Lipinski definition) is 4. The molecule has 0 aliphatic carbocycles. The minimum atomic E-state index is -1.19. The molecule has 86 valence electrons. The molecule has 0 heterocycles. The molecule has 0 amide bonds. The van der Waals surface area contributed by atoms with Crippen molar-refractivity contribution >= 4 is 11.8 Å². The van der Waals surface area contributed by atoms with E-state index < -0.39 is 18.4 Å². The van der Waals surface area contributed by atoms with Gasteiger partial charge in [-0.15, -0.1) is 0 Å². The molecule has 4 nitrogen and oxygen atoms in total. The lowest BCUT2D eigenvalue weighted by atomic mass is 10.2. The van der Waals surface area contributed by atoms with Crippen LogP contribution in [0.4, 0.5) is 4.39 Å². The molecule has 0 fully saturated rings. The van der Waals surface area contributed by atoms with Crippen molar-refractivity contribution in [3.05, 3.63) is 11.8 Å². The van der Waals surface area contributed by atoms with Crippen LogP contribution in [0.1, 0.15) is 13.8 Å². The number of methoxy groups -OCH3 is 1. The lowest BCUT2D eigenvalue weighted by Crippen LogP contribution is -2.23. The van der Waals surface area contributed by atoms with Gasteiger partial charge in [0.05, 0.1) is 7.11 Å². The number of carbonyl (C=O) groups excluding carboxylic acids is 2. The highest BCUT2D eigenvalue weighted by molar-refractivity contribution is 6.17. The van der Waals surface area contributed by atoms with Crippen LogP contribution < -0.4 is 0 Å². The van der Waals surface area contributed by atoms with Crippen LogP contribution >= 0.6 is 0 Å². The van der Waals surface area contributed by atoms with Crippen molar-refractivity contribution in [2.24, 2.45) is 0 Å². The molecule has 0 N–H and O–H groups in total. The van der Waals surface area contributed by atoms with Crippen molar-refractivity contribution in [2.75, 3.05) is 26.9 Å². The van der Waals surface area contributed by atoms with Crippen LogP contribution in [0.3, 0.4) is 0 Å². The van der Waals surface area contributed by atoms with E-state index in [1.54, 1.807) is 4.90 Å². The van der Waals surface area contributed by atoms with Gasteiger partial charge in [-0.05, 0) is 13.8 Å². The molecule has 0 bridgehead atoms. The molecule has 15 heavy (non-hydrogen) atoms. The Morgan fingerprint density at radius 1 is 1.33 bits per heavy atom. The van der Waals surface area contributed by atoms with Gasteiger partial charge in [0.1, 0.15) is 5.57 Å². The second-order valence-electron chi connectivity index (χ2n) is 2.81. The summed E-state index contributed by atoms with van der Waals surface area (Å²) in [6, 6.07) is 0. The smallest absolute Gasteiger partial charge is 0.343 e. The number of hydrogen-bond donors (Lipinski definition) is 0. The van der Waals surface area contributed by atoms with E-state index in [0.29, 0.717) is 13.1 Å². The average Bonchev–Trinajstić information content (AvgIpc) is 2.29. The van der Waals surface area contributed by atoms with Gasteiger partial charge in [0.25, 0.3) is 0 Å². The van der Waals surface area contributed by atoms with Crippen LogP contribution in [-0.2, 0) is 14.3 Å². The number of rotatable bonds is 6. The first-order chi connectivity index (χ1) is 7.10. The number of nitrogens with zero attached hydrogens (tertiary/aromatic N) is 1. The number of carbonyl (C=O) groups is 2. The minimum Gasteiger partial charge on any atom is -0.465 e. The zero-order valence-corrected chi connectivity index (χ0v) is 9.25. The van der Waals surface area contributed by atoms with Crippen molar-refractivity contribution in [1.29, 1.82) is 0 Å². The Kier molecular flexibility index (Phi) is 6.33. The van der Waals surface area contributed by atoms with Gasteiger partial charge < -0.3 is 9.64 Å². The quantitative estimate of drug-likeness (QED) is 0.287. The SMILES string of the molecule is CCN(/C=C(/C(=O)CF)C(=O)OC)CC. The van der Waals surface area contributed by atoms with Gasteiger partial charge in [-0.1, -0.05) is 0 Å². The molecule has 0 rings (SSSR count). The van der Waals surface area contributed by atoms with Crippen LogP contribution in [0.5, 0.6) is 0 Å². The summed E-state index contributed by atoms with van der Waals surface area (Å²) in [5.41, 5.74) is -0.247. The fourth-order valence-corrected chi connectivity index (χ4v) is 1.01. The van der Waals surface area contributed by atoms with Gasteiger partial charge in [0.15, 0.2) is 6.67 Å². The van der Waals surface area contributed by atoms with Gasteiger partial charge >= 0.3 is 5.97 Å². The van der Waals surface area contributed by atoms with E-state index in [-0.39, 0.29) is 5.57 Å². The number of ketones is 1. The molecule has 0 radical (unpaired) electrons. The highest BCUT2D eigenvalue weighted by Gasteiger charge is 2.19. The molecule has 0 saturated heterocycles. The molecule has 5 heteroatoms. The molecule has 0 atom stereocenters. The normalized spacial score (nSPS) is 11.1. The summed E-state index contributed by atoms with van der Waals surface area (Å²) in [4.78, 5) is 24.0. The average molecular weight is 217 g/mol. The molecule has 0 aromatic carbocycles. The summed E-state index contributed by atoms with van der Waals surface area (Å²) < 4.78 is 16.6.